The van der Waals surface area contributed by atoms with Crippen molar-refractivity contribution in [1.29, 1.82) is 0 Å². The molecule has 1 aromatic heterocycles. The zero-order valence-corrected chi connectivity index (χ0v) is 17.1. The first-order chi connectivity index (χ1) is 14.1. The highest BCUT2D eigenvalue weighted by Crippen LogP contribution is 2.30. The molecule has 7 heteroatoms. The number of carbonyl (C=O) groups is 2. The Bertz CT molecular complexity index is 977. The molecule has 1 fully saturated rings. The van der Waals surface area contributed by atoms with E-state index < -0.39 is 0 Å². The Kier molecular flexibility index (Phi) is 5.87. The van der Waals surface area contributed by atoms with Crippen LogP contribution in [0.4, 0.5) is 5.13 Å². The summed E-state index contributed by atoms with van der Waals surface area (Å²) in [5.74, 6) is -0.172. The Morgan fingerprint density at radius 2 is 2.00 bits per heavy atom. The van der Waals surface area contributed by atoms with Crippen molar-refractivity contribution in [3.8, 4) is 0 Å². The van der Waals surface area contributed by atoms with Gasteiger partial charge in [-0.1, -0.05) is 35.6 Å². The fourth-order valence-electron chi connectivity index (χ4n) is 3.36. The predicted molar refractivity (Wildman–Crippen MR) is 114 cm³/mol. The van der Waals surface area contributed by atoms with E-state index >= 15 is 0 Å². The van der Waals surface area contributed by atoms with Crippen molar-refractivity contribution in [3.63, 3.8) is 0 Å². The lowest BCUT2D eigenvalue weighted by atomic mass is 10.1. The second-order valence-electron chi connectivity index (χ2n) is 7.12. The maximum atomic E-state index is 13.4. The molecule has 6 nitrogen and oxygen atoms in total. The Balaban J connectivity index is 1.59. The smallest absolute Gasteiger partial charge is 0.260 e. The third-order valence-electron chi connectivity index (χ3n) is 4.91. The van der Waals surface area contributed by atoms with Gasteiger partial charge in [0.2, 0.25) is 5.91 Å². The first-order valence-electron chi connectivity index (χ1n) is 9.72. The molecular formula is C22H23N3O3S. The Morgan fingerprint density at radius 1 is 1.21 bits per heavy atom. The first-order valence-corrected chi connectivity index (χ1v) is 10.5. The minimum atomic E-state index is -0.0920. The van der Waals surface area contributed by atoms with Crippen LogP contribution in [0.2, 0.25) is 0 Å². The van der Waals surface area contributed by atoms with E-state index in [9.17, 15) is 9.59 Å². The van der Waals surface area contributed by atoms with Crippen molar-refractivity contribution in [2.24, 2.45) is 0 Å². The van der Waals surface area contributed by atoms with Gasteiger partial charge in [0.05, 0.1) is 22.9 Å². The predicted octanol–water partition coefficient (Wildman–Crippen LogP) is 3.76. The number of nitrogens with zero attached hydrogens (tertiary/aromatic N) is 2. The number of para-hydroxylation sites is 1. The minimum absolute atomic E-state index is 0.0324. The van der Waals surface area contributed by atoms with E-state index in [1.807, 2.05) is 36.4 Å². The number of amides is 2. The summed E-state index contributed by atoms with van der Waals surface area (Å²) >= 11 is 1.52. The Morgan fingerprint density at radius 3 is 2.69 bits per heavy atom. The van der Waals surface area contributed by atoms with Crippen LogP contribution in [-0.2, 0) is 16.1 Å². The van der Waals surface area contributed by atoms with E-state index in [0.717, 1.165) is 35.2 Å². The van der Waals surface area contributed by atoms with Gasteiger partial charge in [-0.05, 0) is 42.7 Å². The molecule has 0 saturated carbocycles. The Hall–Kier alpha value is -2.77. The van der Waals surface area contributed by atoms with Gasteiger partial charge in [-0.15, -0.1) is 0 Å². The van der Waals surface area contributed by atoms with Crippen molar-refractivity contribution in [1.82, 2.24) is 10.3 Å². The van der Waals surface area contributed by atoms with E-state index in [4.69, 9.17) is 4.74 Å². The van der Waals surface area contributed by atoms with Gasteiger partial charge >= 0.3 is 0 Å². The number of hydrogen-bond acceptors (Lipinski definition) is 5. The van der Waals surface area contributed by atoms with Crippen LogP contribution >= 0.6 is 11.3 Å². The van der Waals surface area contributed by atoms with E-state index in [2.05, 4.69) is 10.3 Å². The molecule has 0 spiro atoms. The lowest BCUT2D eigenvalue weighted by Gasteiger charge is -2.23. The molecule has 0 radical (unpaired) electrons. The highest BCUT2D eigenvalue weighted by atomic mass is 32.1. The second-order valence-corrected chi connectivity index (χ2v) is 8.13. The number of ether oxygens (including phenoxy) is 1. The summed E-state index contributed by atoms with van der Waals surface area (Å²) in [4.78, 5) is 30.9. The SMILES string of the molecule is CC(=O)NCc1ccc(C(=O)N(CC2CCCO2)c2nc3ccccc3s2)cc1. The molecule has 2 heterocycles. The zero-order chi connectivity index (χ0) is 20.2. The second kappa shape index (κ2) is 8.71. The van der Waals surface area contributed by atoms with Crippen molar-refractivity contribution < 1.29 is 14.3 Å². The topological polar surface area (TPSA) is 71.5 Å². The van der Waals surface area contributed by atoms with Crippen molar-refractivity contribution in [2.75, 3.05) is 18.1 Å². The minimum Gasteiger partial charge on any atom is -0.376 e. The summed E-state index contributed by atoms with van der Waals surface area (Å²) < 4.78 is 6.84. The Labute approximate surface area is 173 Å². The molecule has 150 valence electrons. The van der Waals surface area contributed by atoms with E-state index in [-0.39, 0.29) is 17.9 Å². The summed E-state index contributed by atoms with van der Waals surface area (Å²) in [5.41, 5.74) is 2.43. The number of hydrogen-bond donors (Lipinski definition) is 1. The number of aromatic nitrogens is 1. The maximum Gasteiger partial charge on any atom is 0.260 e. The average molecular weight is 410 g/mol. The van der Waals surface area contributed by atoms with Crippen LogP contribution in [0.3, 0.4) is 0 Å². The van der Waals surface area contributed by atoms with Crippen LogP contribution in [0, 0.1) is 0 Å². The number of benzene rings is 2. The molecule has 2 amide bonds. The van der Waals surface area contributed by atoms with Gasteiger partial charge in [0.25, 0.3) is 5.91 Å². The quantitative estimate of drug-likeness (QED) is 0.673. The fourth-order valence-corrected chi connectivity index (χ4v) is 4.34. The molecule has 1 N–H and O–H groups in total. The van der Waals surface area contributed by atoms with E-state index in [1.54, 1.807) is 17.0 Å². The molecular weight excluding hydrogens is 386 g/mol. The van der Waals surface area contributed by atoms with Crippen LogP contribution in [0.5, 0.6) is 0 Å². The number of fused-ring (bicyclic) bond motifs is 1. The summed E-state index contributed by atoms with van der Waals surface area (Å²) in [6.45, 7) is 3.16. The van der Waals surface area contributed by atoms with Crippen molar-refractivity contribution in [2.45, 2.75) is 32.4 Å². The molecule has 1 aliphatic heterocycles. The van der Waals surface area contributed by atoms with Gasteiger partial charge in [-0.2, -0.15) is 0 Å². The summed E-state index contributed by atoms with van der Waals surface area (Å²) in [6, 6.07) is 15.2. The first kappa shape index (κ1) is 19.5. The zero-order valence-electron chi connectivity index (χ0n) is 16.3. The maximum absolute atomic E-state index is 13.4. The van der Waals surface area contributed by atoms with Crippen LogP contribution in [0.1, 0.15) is 35.7 Å². The third-order valence-corrected chi connectivity index (χ3v) is 5.97. The van der Waals surface area contributed by atoms with Gasteiger partial charge in [0, 0.05) is 25.6 Å². The highest BCUT2D eigenvalue weighted by molar-refractivity contribution is 7.22. The van der Waals surface area contributed by atoms with Gasteiger partial charge in [-0.25, -0.2) is 4.98 Å². The molecule has 1 aliphatic rings. The standard InChI is InChI=1S/C22H23N3O3S/c1-15(26)23-13-16-8-10-17(11-9-16)21(27)25(14-18-5-4-12-28-18)22-24-19-6-2-3-7-20(19)29-22/h2-3,6-11,18H,4-5,12-14H2,1H3,(H,23,26). The largest absolute Gasteiger partial charge is 0.376 e. The number of rotatable bonds is 6. The lowest BCUT2D eigenvalue weighted by Crippen LogP contribution is -2.37. The molecule has 29 heavy (non-hydrogen) atoms. The normalized spacial score (nSPS) is 16.1. The van der Waals surface area contributed by atoms with E-state index in [1.165, 1.54) is 18.3 Å². The number of nitrogens with one attached hydrogen (secondary N) is 1. The summed E-state index contributed by atoms with van der Waals surface area (Å²) in [5, 5.41) is 3.45. The molecule has 1 saturated heterocycles. The molecule has 3 aromatic rings. The van der Waals surface area contributed by atoms with Gasteiger partial charge in [0.15, 0.2) is 5.13 Å². The van der Waals surface area contributed by atoms with Crippen LogP contribution in [0.15, 0.2) is 48.5 Å². The van der Waals surface area contributed by atoms with Gasteiger partial charge in [-0.3, -0.25) is 14.5 Å². The molecule has 2 aromatic carbocycles. The third kappa shape index (κ3) is 4.63. The van der Waals surface area contributed by atoms with Gasteiger partial charge in [0.1, 0.15) is 0 Å². The monoisotopic (exact) mass is 409 g/mol. The van der Waals surface area contributed by atoms with Crippen LogP contribution < -0.4 is 10.2 Å². The summed E-state index contributed by atoms with van der Waals surface area (Å²) in [7, 11) is 0. The molecule has 0 aliphatic carbocycles. The molecule has 1 atom stereocenters. The number of thiazole rings is 1. The van der Waals surface area contributed by atoms with E-state index in [0.29, 0.717) is 23.8 Å². The highest BCUT2D eigenvalue weighted by Gasteiger charge is 2.27. The molecule has 4 rings (SSSR count). The van der Waals surface area contributed by atoms with Crippen LogP contribution in [-0.4, -0.2) is 36.1 Å². The molecule has 1 unspecified atom stereocenters. The van der Waals surface area contributed by atoms with Gasteiger partial charge < -0.3 is 10.1 Å². The summed E-state index contributed by atoms with van der Waals surface area (Å²) in [6.07, 6.45) is 2.00. The number of anilines is 1. The fraction of sp³-hybridized carbons (Fsp3) is 0.318. The lowest BCUT2D eigenvalue weighted by molar-refractivity contribution is -0.119. The number of carbonyl (C=O) groups excluding carboxylic acids is 2. The molecule has 0 bridgehead atoms. The average Bonchev–Trinajstić information content (AvgIpc) is 3.39. The van der Waals surface area contributed by atoms with Crippen LogP contribution in [0.25, 0.3) is 10.2 Å². The van der Waals surface area contributed by atoms with Crippen molar-refractivity contribution >= 4 is 38.5 Å². The van der Waals surface area contributed by atoms with Crippen molar-refractivity contribution in [3.05, 3.63) is 59.7 Å².